The second kappa shape index (κ2) is 6.81. The van der Waals surface area contributed by atoms with Crippen molar-refractivity contribution in [1.29, 1.82) is 0 Å². The zero-order valence-corrected chi connectivity index (χ0v) is 17.3. The molecule has 6 rings (SSSR count). The van der Waals surface area contributed by atoms with E-state index in [9.17, 15) is 4.39 Å². The molecule has 8 nitrogen and oxygen atoms in total. The Morgan fingerprint density at radius 2 is 1.88 bits per heavy atom. The normalized spacial score (nSPS) is 11.6. The second-order valence-corrected chi connectivity index (χ2v) is 7.56. The van der Waals surface area contributed by atoms with E-state index in [2.05, 4.69) is 35.1 Å². The molecule has 0 fully saturated rings. The quantitative estimate of drug-likeness (QED) is 0.438. The van der Waals surface area contributed by atoms with Crippen LogP contribution in [0.2, 0.25) is 0 Å². The fourth-order valence-electron chi connectivity index (χ4n) is 3.90. The van der Waals surface area contributed by atoms with E-state index >= 15 is 0 Å². The van der Waals surface area contributed by atoms with Gasteiger partial charge in [0, 0.05) is 29.8 Å². The molecule has 0 radical (unpaired) electrons. The number of rotatable bonds is 3. The Balaban J connectivity index is 1.53. The summed E-state index contributed by atoms with van der Waals surface area (Å²) < 4.78 is 16.4. The van der Waals surface area contributed by atoms with Crippen molar-refractivity contribution in [3.63, 3.8) is 0 Å². The summed E-state index contributed by atoms with van der Waals surface area (Å²) >= 11 is 0. The van der Waals surface area contributed by atoms with E-state index in [-0.39, 0.29) is 5.82 Å². The molecule has 9 heteroatoms. The lowest BCUT2D eigenvalue weighted by molar-refractivity contribution is 0.631. The highest BCUT2D eigenvalue weighted by Crippen LogP contribution is 2.32. The standard InChI is InChI=1S/C23H17FN8/c1-12-26-11-19(32(12)2)17-9-15-18(10-27-17)30-31-21(15)23-28-20-14(7-8-25-22(20)29-23)13-5-3-4-6-16(13)24/h3-11H,1-2H3,(H,30,31)(H,25,28,29). The van der Waals surface area contributed by atoms with Crippen molar-refractivity contribution in [3.8, 4) is 34.0 Å². The topological polar surface area (TPSA) is 101 Å². The summed E-state index contributed by atoms with van der Waals surface area (Å²) in [5, 5.41) is 8.33. The number of hydrogen-bond acceptors (Lipinski definition) is 5. The molecule has 6 aromatic rings. The maximum Gasteiger partial charge on any atom is 0.178 e. The molecule has 0 amide bonds. The van der Waals surface area contributed by atoms with Crippen LogP contribution in [0.5, 0.6) is 0 Å². The molecule has 0 atom stereocenters. The van der Waals surface area contributed by atoms with Gasteiger partial charge in [0.2, 0.25) is 0 Å². The largest absolute Gasteiger partial charge is 0.335 e. The van der Waals surface area contributed by atoms with Gasteiger partial charge in [-0.1, -0.05) is 18.2 Å². The highest BCUT2D eigenvalue weighted by Gasteiger charge is 2.18. The second-order valence-electron chi connectivity index (χ2n) is 7.56. The number of H-pyrrole nitrogens is 2. The molecule has 32 heavy (non-hydrogen) atoms. The van der Waals surface area contributed by atoms with Crippen molar-refractivity contribution in [2.45, 2.75) is 6.92 Å². The van der Waals surface area contributed by atoms with E-state index < -0.39 is 0 Å². The van der Waals surface area contributed by atoms with Crippen molar-refractivity contribution < 1.29 is 4.39 Å². The Hall–Kier alpha value is -4.40. The summed E-state index contributed by atoms with van der Waals surface area (Å²) in [6, 6.07) is 10.4. The minimum Gasteiger partial charge on any atom is -0.335 e. The Bertz CT molecular complexity index is 1620. The zero-order chi connectivity index (χ0) is 21.8. The molecular formula is C23H17FN8. The van der Waals surface area contributed by atoms with E-state index in [1.807, 2.05) is 24.6 Å². The number of imidazole rings is 2. The number of aromatic nitrogens is 8. The Labute approximate surface area is 181 Å². The maximum atomic E-state index is 14.4. The summed E-state index contributed by atoms with van der Waals surface area (Å²) in [6.45, 7) is 1.94. The lowest BCUT2D eigenvalue weighted by atomic mass is 10.1. The summed E-state index contributed by atoms with van der Waals surface area (Å²) in [6.07, 6.45) is 5.17. The van der Waals surface area contributed by atoms with Crippen LogP contribution < -0.4 is 0 Å². The summed E-state index contributed by atoms with van der Waals surface area (Å²) in [4.78, 5) is 21.2. The smallest absolute Gasteiger partial charge is 0.178 e. The molecule has 1 aromatic carbocycles. The van der Waals surface area contributed by atoms with Gasteiger partial charge >= 0.3 is 0 Å². The van der Waals surface area contributed by atoms with Crippen molar-refractivity contribution in [1.82, 2.24) is 39.7 Å². The summed E-state index contributed by atoms with van der Waals surface area (Å²) in [5.74, 6) is 1.14. The predicted octanol–water partition coefficient (Wildman–Crippen LogP) is 4.41. The first-order chi connectivity index (χ1) is 15.6. The van der Waals surface area contributed by atoms with Crippen LogP contribution in [0.3, 0.4) is 0 Å². The van der Waals surface area contributed by atoms with Crippen LogP contribution in [0.1, 0.15) is 5.82 Å². The lowest BCUT2D eigenvalue weighted by Gasteiger charge is -2.04. The Morgan fingerprint density at radius 1 is 1.00 bits per heavy atom. The molecule has 0 unspecified atom stereocenters. The summed E-state index contributed by atoms with van der Waals surface area (Å²) in [5.41, 5.74) is 5.44. The molecule has 0 bridgehead atoms. The number of nitrogens with zero attached hydrogens (tertiary/aromatic N) is 6. The highest BCUT2D eigenvalue weighted by atomic mass is 19.1. The number of aryl methyl sites for hydroxylation is 1. The number of benzene rings is 1. The van der Waals surface area contributed by atoms with Gasteiger partial charge in [0.25, 0.3) is 0 Å². The number of aromatic amines is 2. The Morgan fingerprint density at radius 3 is 2.69 bits per heavy atom. The van der Waals surface area contributed by atoms with Gasteiger partial charge in [-0.2, -0.15) is 5.10 Å². The van der Waals surface area contributed by atoms with Crippen LogP contribution in [0.25, 0.3) is 56.1 Å². The fraction of sp³-hybridized carbons (Fsp3) is 0.0870. The first kappa shape index (κ1) is 18.4. The van der Waals surface area contributed by atoms with Crippen LogP contribution in [-0.4, -0.2) is 39.7 Å². The molecule has 5 aromatic heterocycles. The van der Waals surface area contributed by atoms with Crippen LogP contribution in [0, 0.1) is 12.7 Å². The minimum absolute atomic E-state index is 0.302. The number of nitrogens with one attached hydrogen (secondary N) is 2. The molecule has 0 saturated heterocycles. The molecule has 0 saturated carbocycles. The van der Waals surface area contributed by atoms with Crippen LogP contribution in [0.4, 0.5) is 4.39 Å². The number of hydrogen-bond donors (Lipinski definition) is 2. The van der Waals surface area contributed by atoms with Gasteiger partial charge in [-0.05, 0) is 25.1 Å². The van der Waals surface area contributed by atoms with Crippen molar-refractivity contribution in [3.05, 3.63) is 66.6 Å². The minimum atomic E-state index is -0.302. The van der Waals surface area contributed by atoms with E-state index in [0.717, 1.165) is 28.1 Å². The van der Waals surface area contributed by atoms with Crippen molar-refractivity contribution in [2.75, 3.05) is 0 Å². The van der Waals surface area contributed by atoms with Gasteiger partial charge in [0.05, 0.1) is 34.8 Å². The molecule has 0 aliphatic rings. The zero-order valence-electron chi connectivity index (χ0n) is 17.3. The molecule has 2 N–H and O–H groups in total. The summed E-state index contributed by atoms with van der Waals surface area (Å²) in [7, 11) is 1.95. The highest BCUT2D eigenvalue weighted by molar-refractivity contribution is 5.96. The van der Waals surface area contributed by atoms with Crippen molar-refractivity contribution >= 4 is 22.1 Å². The molecule has 0 aliphatic heterocycles. The molecule has 5 heterocycles. The lowest BCUT2D eigenvalue weighted by Crippen LogP contribution is -1.95. The van der Waals surface area contributed by atoms with Gasteiger partial charge in [0.15, 0.2) is 11.5 Å². The van der Waals surface area contributed by atoms with Crippen LogP contribution in [-0.2, 0) is 7.05 Å². The van der Waals surface area contributed by atoms with Crippen LogP contribution >= 0.6 is 0 Å². The molecule has 156 valence electrons. The van der Waals surface area contributed by atoms with Gasteiger partial charge in [0.1, 0.15) is 17.3 Å². The first-order valence-electron chi connectivity index (χ1n) is 10.0. The average molecular weight is 424 g/mol. The van der Waals surface area contributed by atoms with Crippen LogP contribution in [0.15, 0.2) is 55.0 Å². The predicted molar refractivity (Wildman–Crippen MR) is 119 cm³/mol. The third-order valence-corrected chi connectivity index (χ3v) is 5.71. The average Bonchev–Trinajstić information content (AvgIpc) is 3.50. The van der Waals surface area contributed by atoms with Crippen molar-refractivity contribution in [2.24, 2.45) is 7.05 Å². The Kier molecular flexibility index (Phi) is 3.91. The van der Waals surface area contributed by atoms with Gasteiger partial charge < -0.3 is 9.55 Å². The molecule has 0 aliphatic carbocycles. The molecular weight excluding hydrogens is 407 g/mol. The SMILES string of the molecule is Cc1ncc(-c2cc3c(-c4nc5nccc(-c6ccccc6F)c5[nH]4)n[nH]c3cn2)n1C. The number of pyridine rings is 2. The fourth-order valence-corrected chi connectivity index (χ4v) is 3.90. The first-order valence-corrected chi connectivity index (χ1v) is 10.0. The maximum absolute atomic E-state index is 14.4. The van der Waals surface area contributed by atoms with E-state index in [4.69, 9.17) is 0 Å². The van der Waals surface area contributed by atoms with Gasteiger partial charge in [-0.25, -0.2) is 19.3 Å². The third-order valence-electron chi connectivity index (χ3n) is 5.71. The van der Waals surface area contributed by atoms with E-state index in [1.165, 1.54) is 6.07 Å². The third kappa shape index (κ3) is 2.71. The van der Waals surface area contributed by atoms with E-state index in [1.54, 1.807) is 42.9 Å². The molecule has 0 spiro atoms. The number of fused-ring (bicyclic) bond motifs is 2. The monoisotopic (exact) mass is 424 g/mol. The van der Waals surface area contributed by atoms with E-state index in [0.29, 0.717) is 33.8 Å². The number of halogens is 1. The van der Waals surface area contributed by atoms with Gasteiger partial charge in [-0.15, -0.1) is 0 Å². The van der Waals surface area contributed by atoms with Gasteiger partial charge in [-0.3, -0.25) is 10.1 Å².